The molecule has 2 heterocycles. The number of esters is 2. The fraction of sp³-hybridized carbons (Fsp3) is 0.0870. The average Bonchev–Trinajstić information content (AvgIpc) is 3.00. The van der Waals surface area contributed by atoms with E-state index in [-0.39, 0.29) is 34.1 Å². The van der Waals surface area contributed by atoms with Gasteiger partial charge in [0, 0.05) is 35.7 Å². The second-order valence-electron chi connectivity index (χ2n) is 7.17. The van der Waals surface area contributed by atoms with Crippen LogP contribution in [0.5, 0.6) is 23.0 Å². The number of phenols is 1. The van der Waals surface area contributed by atoms with Gasteiger partial charge >= 0.3 is 17.9 Å². The minimum Gasteiger partial charge on any atom is -0.508 e. The van der Waals surface area contributed by atoms with Crippen LogP contribution in [0.3, 0.4) is 0 Å². The Bertz CT molecular complexity index is 1310. The van der Waals surface area contributed by atoms with Gasteiger partial charge in [0.15, 0.2) is 5.60 Å². The molecule has 0 radical (unpaired) electrons. The first-order valence-corrected chi connectivity index (χ1v) is 9.25. The topological polar surface area (TPSA) is 119 Å². The van der Waals surface area contributed by atoms with Crippen molar-refractivity contribution in [1.29, 1.82) is 0 Å². The Hall–Kier alpha value is -4.33. The quantitative estimate of drug-likeness (QED) is 0.479. The van der Waals surface area contributed by atoms with E-state index >= 15 is 0 Å². The molecule has 5 rings (SSSR count). The summed E-state index contributed by atoms with van der Waals surface area (Å²) in [6.45, 7) is 1.26. The van der Waals surface area contributed by atoms with Crippen LogP contribution in [0.1, 0.15) is 44.3 Å². The van der Waals surface area contributed by atoms with E-state index in [1.54, 1.807) is 12.1 Å². The number of carboxylic acids is 1. The number of carbonyl (C=O) groups is 3. The van der Waals surface area contributed by atoms with Gasteiger partial charge < -0.3 is 24.4 Å². The van der Waals surface area contributed by atoms with Crippen LogP contribution in [0, 0.1) is 0 Å². The molecule has 8 nitrogen and oxygen atoms in total. The van der Waals surface area contributed by atoms with Gasteiger partial charge in [-0.05, 0) is 42.5 Å². The highest BCUT2D eigenvalue weighted by molar-refractivity contribution is 5.99. The van der Waals surface area contributed by atoms with Crippen LogP contribution >= 0.6 is 0 Å². The molecule has 1 unspecified atom stereocenters. The van der Waals surface area contributed by atoms with E-state index in [9.17, 15) is 24.6 Å². The van der Waals surface area contributed by atoms with Crippen LogP contribution < -0.4 is 9.47 Å². The predicted molar refractivity (Wildman–Crippen MR) is 105 cm³/mol. The molecule has 2 aliphatic rings. The lowest BCUT2D eigenvalue weighted by Gasteiger charge is -2.36. The molecule has 8 heteroatoms. The molecule has 0 aromatic heterocycles. The summed E-state index contributed by atoms with van der Waals surface area (Å²) in [5.41, 5.74) is -0.0937. The Morgan fingerprint density at radius 1 is 0.935 bits per heavy atom. The van der Waals surface area contributed by atoms with Crippen molar-refractivity contribution in [1.82, 2.24) is 0 Å². The van der Waals surface area contributed by atoms with Crippen LogP contribution in [0.25, 0.3) is 0 Å². The van der Waals surface area contributed by atoms with Crippen molar-refractivity contribution in [2.75, 3.05) is 0 Å². The third-order valence-electron chi connectivity index (χ3n) is 5.27. The summed E-state index contributed by atoms with van der Waals surface area (Å²) in [5, 5.41) is 19.5. The van der Waals surface area contributed by atoms with Crippen LogP contribution in [-0.4, -0.2) is 28.1 Å². The van der Waals surface area contributed by atoms with Crippen molar-refractivity contribution < 1.29 is 38.8 Å². The number of phenolic OH excluding ortho intramolecular Hbond substituents is 1. The monoisotopic (exact) mass is 418 g/mol. The molecule has 0 saturated carbocycles. The smallest absolute Gasteiger partial charge is 0.340 e. The predicted octanol–water partition coefficient (Wildman–Crippen LogP) is 3.58. The van der Waals surface area contributed by atoms with Gasteiger partial charge in [0.1, 0.15) is 23.0 Å². The van der Waals surface area contributed by atoms with Crippen LogP contribution in [-0.2, 0) is 15.1 Å². The number of fused-ring (bicyclic) bond motifs is 6. The molecule has 1 spiro atoms. The highest BCUT2D eigenvalue weighted by atomic mass is 16.6. The molecule has 154 valence electrons. The van der Waals surface area contributed by atoms with E-state index < -0.39 is 23.5 Å². The summed E-state index contributed by atoms with van der Waals surface area (Å²) in [7, 11) is 0. The summed E-state index contributed by atoms with van der Waals surface area (Å²) in [5.74, 6) is -1.70. The first-order valence-electron chi connectivity index (χ1n) is 9.25. The zero-order valence-electron chi connectivity index (χ0n) is 16.0. The molecule has 0 bridgehead atoms. The Kier molecular flexibility index (Phi) is 3.82. The first kappa shape index (κ1) is 18.7. The number of hydrogen-bond donors (Lipinski definition) is 2. The summed E-state index contributed by atoms with van der Waals surface area (Å²) in [4.78, 5) is 35.8. The number of ether oxygens (including phenoxy) is 3. The molecule has 3 aromatic rings. The maximum Gasteiger partial charge on any atom is 0.340 e. The van der Waals surface area contributed by atoms with Gasteiger partial charge in [-0.2, -0.15) is 0 Å². The number of benzene rings is 3. The minimum absolute atomic E-state index is 0.0127. The van der Waals surface area contributed by atoms with Gasteiger partial charge in [0.2, 0.25) is 0 Å². The zero-order chi connectivity index (χ0) is 21.9. The van der Waals surface area contributed by atoms with Crippen molar-refractivity contribution in [3.05, 3.63) is 82.4 Å². The van der Waals surface area contributed by atoms with Crippen LogP contribution in [0.4, 0.5) is 0 Å². The molecular formula is C23H14O8. The lowest BCUT2D eigenvalue weighted by molar-refractivity contribution is -0.131. The Morgan fingerprint density at radius 2 is 1.65 bits per heavy atom. The van der Waals surface area contributed by atoms with E-state index in [0.717, 1.165) is 0 Å². The average molecular weight is 418 g/mol. The molecule has 3 aromatic carbocycles. The highest BCUT2D eigenvalue weighted by Crippen LogP contribution is 2.57. The molecule has 1 atom stereocenters. The maximum atomic E-state index is 12.8. The highest BCUT2D eigenvalue weighted by Gasteiger charge is 2.54. The van der Waals surface area contributed by atoms with Gasteiger partial charge in [-0.15, -0.1) is 0 Å². The standard InChI is InChI=1S/C23H14O8/c1-11(24)29-14-4-7-17-20(10-14)30-19-9-13(25)3-6-16(19)23(17)18-8-12(21(26)27)2-5-15(18)22(28)31-23/h2-10,25H,1H3,(H,26,27). The lowest BCUT2D eigenvalue weighted by atomic mass is 9.77. The van der Waals surface area contributed by atoms with Gasteiger partial charge in [0.05, 0.1) is 11.1 Å². The largest absolute Gasteiger partial charge is 0.508 e. The first-order chi connectivity index (χ1) is 14.8. The van der Waals surface area contributed by atoms with Gasteiger partial charge in [-0.1, -0.05) is 0 Å². The molecule has 0 saturated heterocycles. The van der Waals surface area contributed by atoms with E-state index in [1.807, 2.05) is 0 Å². The molecule has 0 aliphatic carbocycles. The number of aromatic carboxylic acids is 1. The summed E-state index contributed by atoms with van der Waals surface area (Å²) >= 11 is 0. The van der Waals surface area contributed by atoms with Gasteiger partial charge in [0.25, 0.3) is 0 Å². The van der Waals surface area contributed by atoms with E-state index in [2.05, 4.69) is 0 Å². The Labute approximate surface area is 175 Å². The fourth-order valence-electron chi connectivity index (χ4n) is 4.05. The minimum atomic E-state index is -1.50. The Balaban J connectivity index is 1.83. The van der Waals surface area contributed by atoms with E-state index in [0.29, 0.717) is 16.7 Å². The number of hydrogen-bond acceptors (Lipinski definition) is 7. The lowest BCUT2D eigenvalue weighted by Crippen LogP contribution is -2.33. The molecule has 2 aliphatic heterocycles. The van der Waals surface area contributed by atoms with E-state index in [4.69, 9.17) is 14.2 Å². The molecule has 0 fully saturated rings. The number of aromatic hydroxyl groups is 1. The molecule has 2 N–H and O–H groups in total. The number of carbonyl (C=O) groups excluding carboxylic acids is 2. The molecule has 31 heavy (non-hydrogen) atoms. The number of carboxylic acid groups (broad SMARTS) is 1. The SMILES string of the molecule is CC(=O)Oc1ccc2c(c1)Oc1cc(O)ccc1C21OC(=O)c2ccc(C(=O)O)cc21. The second kappa shape index (κ2) is 6.33. The Morgan fingerprint density at radius 3 is 2.35 bits per heavy atom. The normalized spacial score (nSPS) is 17.8. The third kappa shape index (κ3) is 2.65. The van der Waals surface area contributed by atoms with Crippen molar-refractivity contribution in [2.24, 2.45) is 0 Å². The van der Waals surface area contributed by atoms with Crippen molar-refractivity contribution in [3.8, 4) is 23.0 Å². The van der Waals surface area contributed by atoms with Crippen LogP contribution in [0.15, 0.2) is 54.6 Å². The molecular weight excluding hydrogens is 404 g/mol. The van der Waals surface area contributed by atoms with Crippen molar-refractivity contribution in [3.63, 3.8) is 0 Å². The third-order valence-corrected chi connectivity index (χ3v) is 5.27. The summed E-state index contributed by atoms with van der Waals surface area (Å²) in [6, 6.07) is 13.1. The zero-order valence-corrected chi connectivity index (χ0v) is 16.0. The second-order valence-corrected chi connectivity index (χ2v) is 7.17. The van der Waals surface area contributed by atoms with Crippen molar-refractivity contribution >= 4 is 17.9 Å². The maximum absolute atomic E-state index is 12.8. The fourth-order valence-corrected chi connectivity index (χ4v) is 4.05. The van der Waals surface area contributed by atoms with E-state index in [1.165, 1.54) is 49.4 Å². The molecule has 0 amide bonds. The summed E-state index contributed by atoms with van der Waals surface area (Å²) in [6.07, 6.45) is 0. The van der Waals surface area contributed by atoms with Gasteiger partial charge in [-0.3, -0.25) is 4.79 Å². The van der Waals surface area contributed by atoms with Crippen molar-refractivity contribution in [2.45, 2.75) is 12.5 Å². The van der Waals surface area contributed by atoms with Gasteiger partial charge in [-0.25, -0.2) is 9.59 Å². The summed E-state index contributed by atoms with van der Waals surface area (Å²) < 4.78 is 17.0. The van der Waals surface area contributed by atoms with Crippen LogP contribution in [0.2, 0.25) is 0 Å². The number of rotatable bonds is 2.